The van der Waals surface area contributed by atoms with Crippen molar-refractivity contribution in [1.82, 2.24) is 15.5 Å². The average Bonchev–Trinajstić information content (AvgIpc) is 3.63. The van der Waals surface area contributed by atoms with Gasteiger partial charge < -0.3 is 54.4 Å². The van der Waals surface area contributed by atoms with Gasteiger partial charge in [-0.2, -0.15) is 0 Å². The van der Waals surface area contributed by atoms with Gasteiger partial charge in [-0.05, 0) is 33.4 Å². The summed E-state index contributed by atoms with van der Waals surface area (Å²) in [4.78, 5) is 63.2. The van der Waals surface area contributed by atoms with E-state index in [-0.39, 0.29) is 46.2 Å². The van der Waals surface area contributed by atoms with E-state index in [0.29, 0.717) is 6.54 Å². The number of nitrogens with zero attached hydrogens (tertiary/aromatic N) is 1. The molecule has 3 rings (SSSR count). The second-order valence-corrected chi connectivity index (χ2v) is 11.8. The van der Waals surface area contributed by atoms with Gasteiger partial charge in [-0.25, -0.2) is 9.59 Å². The van der Waals surface area contributed by atoms with Gasteiger partial charge in [-0.3, -0.25) is 19.3 Å². The molecular formula is C30H47N3O14. The van der Waals surface area contributed by atoms with E-state index in [1.807, 2.05) is 7.05 Å². The first-order chi connectivity index (χ1) is 22.4. The predicted octanol–water partition coefficient (Wildman–Crippen LogP) is -1.98. The van der Waals surface area contributed by atoms with Gasteiger partial charge >= 0.3 is 18.0 Å². The van der Waals surface area contributed by atoms with Crippen LogP contribution < -0.4 is 10.6 Å². The van der Waals surface area contributed by atoms with Crippen LogP contribution in [0.1, 0.15) is 33.1 Å². The van der Waals surface area contributed by atoms with Gasteiger partial charge in [-0.1, -0.05) is 18.6 Å². The Balaban J connectivity index is 1.64. The molecule has 47 heavy (non-hydrogen) atoms. The summed E-state index contributed by atoms with van der Waals surface area (Å²) in [6.45, 7) is 1.27. The highest BCUT2D eigenvalue weighted by Gasteiger charge is 2.73. The Labute approximate surface area is 272 Å². The summed E-state index contributed by atoms with van der Waals surface area (Å²) < 4.78 is 32.8. The zero-order valence-electron chi connectivity index (χ0n) is 27.0. The number of hydrogen-bond donors (Lipinski definition) is 5. The number of likely N-dealkylation sites (tertiary alicyclic amines) is 1. The number of ether oxygens (including phenoxy) is 6. The number of nitrogens with one attached hydrogen (secondary N) is 2. The van der Waals surface area contributed by atoms with Crippen molar-refractivity contribution in [2.45, 2.75) is 62.6 Å². The maximum Gasteiger partial charge on any atom is 0.407 e. The van der Waals surface area contributed by atoms with Gasteiger partial charge in [0, 0.05) is 13.5 Å². The third-order valence-corrected chi connectivity index (χ3v) is 7.98. The molecule has 2 fully saturated rings. The number of esters is 2. The van der Waals surface area contributed by atoms with Crippen molar-refractivity contribution < 1.29 is 67.7 Å². The number of amides is 3. The number of imide groups is 1. The first-order valence-corrected chi connectivity index (χ1v) is 15.7. The summed E-state index contributed by atoms with van der Waals surface area (Å²) in [5, 5.41) is 34.9. The molecule has 5 N–H and O–H groups in total. The summed E-state index contributed by atoms with van der Waals surface area (Å²) >= 11 is 0. The van der Waals surface area contributed by atoms with Gasteiger partial charge in [0.05, 0.1) is 51.4 Å². The summed E-state index contributed by atoms with van der Waals surface area (Å²) in [6.07, 6.45) is 1.57. The lowest BCUT2D eigenvalue weighted by molar-refractivity contribution is -0.162. The van der Waals surface area contributed by atoms with Gasteiger partial charge in [0.15, 0.2) is 0 Å². The average molecular weight is 674 g/mol. The molecule has 3 amide bonds. The van der Waals surface area contributed by atoms with E-state index in [1.165, 1.54) is 13.8 Å². The molecule has 7 atom stereocenters. The minimum absolute atomic E-state index is 0.241. The molecule has 0 spiro atoms. The molecule has 3 heterocycles. The molecule has 0 aromatic heterocycles. The Morgan fingerprint density at radius 2 is 1.57 bits per heavy atom. The zero-order valence-corrected chi connectivity index (χ0v) is 27.0. The third-order valence-electron chi connectivity index (χ3n) is 7.98. The molecule has 0 saturated carbocycles. The van der Waals surface area contributed by atoms with Crippen LogP contribution in [-0.4, -0.2) is 153 Å². The number of carbonyl (C=O) groups excluding carboxylic acids is 5. The second kappa shape index (κ2) is 17.8. The van der Waals surface area contributed by atoms with Crippen LogP contribution in [0, 0.1) is 11.8 Å². The van der Waals surface area contributed by atoms with Gasteiger partial charge in [0.1, 0.15) is 42.7 Å². The van der Waals surface area contributed by atoms with E-state index in [1.54, 1.807) is 12.2 Å². The highest BCUT2D eigenvalue weighted by atomic mass is 16.6. The topological polar surface area (TPSA) is 229 Å². The van der Waals surface area contributed by atoms with Gasteiger partial charge in [0.2, 0.25) is 11.8 Å². The highest BCUT2D eigenvalue weighted by molar-refractivity contribution is 6.07. The SMILES string of the molecule is CNCCCCCNC(=O)OC(CO)COCC12C=CC(COCC(O)COC(C)=O)(O1)C1C(=O)N(CCOC(=O)C(C)O)C(=O)C12. The molecule has 0 aromatic carbocycles. The summed E-state index contributed by atoms with van der Waals surface area (Å²) in [6, 6.07) is 0. The minimum Gasteiger partial charge on any atom is -0.463 e. The maximum atomic E-state index is 13.7. The fourth-order valence-electron chi connectivity index (χ4n) is 5.74. The van der Waals surface area contributed by atoms with E-state index >= 15 is 0 Å². The Bertz CT molecular complexity index is 1140. The number of aliphatic hydroxyl groups excluding tert-OH is 3. The quantitative estimate of drug-likeness (QED) is 0.0276. The molecule has 0 radical (unpaired) electrons. The maximum absolute atomic E-state index is 13.7. The van der Waals surface area contributed by atoms with Gasteiger partial charge in [-0.15, -0.1) is 0 Å². The van der Waals surface area contributed by atoms with Crippen LogP contribution in [0.15, 0.2) is 12.2 Å². The summed E-state index contributed by atoms with van der Waals surface area (Å²) in [5.41, 5.74) is -2.86. The first kappa shape index (κ1) is 38.3. The van der Waals surface area contributed by atoms with Crippen molar-refractivity contribution in [1.29, 1.82) is 0 Å². The Morgan fingerprint density at radius 1 is 0.957 bits per heavy atom. The lowest BCUT2D eigenvalue weighted by Crippen LogP contribution is -2.46. The van der Waals surface area contributed by atoms with Crippen molar-refractivity contribution in [2.24, 2.45) is 11.8 Å². The highest BCUT2D eigenvalue weighted by Crippen LogP contribution is 2.57. The van der Waals surface area contributed by atoms with Crippen LogP contribution in [0.5, 0.6) is 0 Å². The van der Waals surface area contributed by atoms with E-state index in [0.717, 1.165) is 30.7 Å². The van der Waals surface area contributed by atoms with Crippen LogP contribution in [0.2, 0.25) is 0 Å². The fraction of sp³-hybridized carbons (Fsp3) is 0.767. The van der Waals surface area contributed by atoms with Crippen LogP contribution in [0.4, 0.5) is 4.79 Å². The van der Waals surface area contributed by atoms with Crippen LogP contribution in [0.25, 0.3) is 0 Å². The van der Waals surface area contributed by atoms with E-state index in [4.69, 9.17) is 28.4 Å². The van der Waals surface area contributed by atoms with E-state index in [2.05, 4.69) is 10.6 Å². The number of alkyl carbamates (subject to hydrolysis) is 1. The summed E-state index contributed by atoms with van der Waals surface area (Å²) in [5.74, 6) is -4.78. The van der Waals surface area contributed by atoms with E-state index in [9.17, 15) is 39.3 Å². The van der Waals surface area contributed by atoms with Crippen LogP contribution in [-0.2, 0) is 47.6 Å². The van der Waals surface area contributed by atoms with Crippen molar-refractivity contribution in [2.75, 3.05) is 72.9 Å². The largest absolute Gasteiger partial charge is 0.463 e. The van der Waals surface area contributed by atoms with E-state index < -0.39 is 77.8 Å². The molecule has 2 saturated heterocycles. The predicted molar refractivity (Wildman–Crippen MR) is 159 cm³/mol. The third kappa shape index (κ3) is 9.91. The first-order valence-electron chi connectivity index (χ1n) is 15.7. The van der Waals surface area contributed by atoms with Crippen molar-refractivity contribution in [3.05, 3.63) is 12.2 Å². The smallest absolute Gasteiger partial charge is 0.407 e. The van der Waals surface area contributed by atoms with Crippen molar-refractivity contribution in [3.63, 3.8) is 0 Å². The minimum atomic E-state index is -1.43. The van der Waals surface area contributed by atoms with Crippen LogP contribution in [0.3, 0.4) is 0 Å². The standard InChI is InChI=1S/C30H47N3O14/c1-19(35)27(40)44-12-11-33-25(38)23-24(26(33)39)30(8-7-29(23,47-30)17-42-14-21(37)15-45-20(2)36)18-43-16-22(13-34)46-28(41)32-10-6-4-5-9-31-3/h7-8,19,21-24,31,34-35,37H,4-6,9-18H2,1-3H3,(H,32,41). The lowest BCUT2D eigenvalue weighted by atomic mass is 9.72. The normalized spacial score (nSPS) is 26.2. The van der Waals surface area contributed by atoms with Crippen molar-refractivity contribution in [3.8, 4) is 0 Å². The van der Waals surface area contributed by atoms with Crippen LogP contribution >= 0.6 is 0 Å². The lowest BCUT2D eigenvalue weighted by Gasteiger charge is -2.30. The molecule has 7 unspecified atom stereocenters. The fourth-order valence-corrected chi connectivity index (χ4v) is 5.74. The molecule has 0 aliphatic carbocycles. The number of rotatable bonds is 22. The molecule has 3 aliphatic rings. The summed E-state index contributed by atoms with van der Waals surface area (Å²) in [7, 11) is 1.86. The number of carbonyl (C=O) groups is 5. The molecule has 0 aromatic rings. The molecule has 17 heteroatoms. The number of fused-ring (bicyclic) bond motifs is 5. The molecule has 3 aliphatic heterocycles. The molecular weight excluding hydrogens is 626 g/mol. The second-order valence-electron chi connectivity index (χ2n) is 11.8. The van der Waals surface area contributed by atoms with Crippen molar-refractivity contribution >= 4 is 29.8 Å². The Morgan fingerprint density at radius 3 is 2.15 bits per heavy atom. The van der Waals surface area contributed by atoms with Gasteiger partial charge in [0.25, 0.3) is 0 Å². The molecule has 266 valence electrons. The number of hydrogen-bond acceptors (Lipinski definition) is 15. The molecule has 17 nitrogen and oxygen atoms in total. The monoisotopic (exact) mass is 673 g/mol. The molecule has 2 bridgehead atoms. The Hall–Kier alpha value is -3.19. The zero-order chi connectivity index (χ0) is 34.6. The Kier molecular flexibility index (Phi) is 14.5. The number of aliphatic hydroxyl groups is 3. The number of unbranched alkanes of at least 4 members (excludes halogenated alkanes) is 2.